The Kier molecular flexibility index (Phi) is 5.41. The first kappa shape index (κ1) is 14.5. The maximum absolute atomic E-state index is 10.2. The molecule has 0 aromatic rings. The van der Waals surface area contributed by atoms with Crippen molar-refractivity contribution < 1.29 is 10.2 Å². The van der Waals surface area contributed by atoms with Gasteiger partial charge in [0, 0.05) is 0 Å². The molecule has 0 aromatic carbocycles. The largest absolute Gasteiger partial charge is 0.392 e. The van der Waals surface area contributed by atoms with Crippen molar-refractivity contribution in [3.63, 3.8) is 0 Å². The van der Waals surface area contributed by atoms with Crippen LogP contribution >= 0.6 is 0 Å². The first-order chi connectivity index (χ1) is 7.90. The van der Waals surface area contributed by atoms with Gasteiger partial charge >= 0.3 is 0 Å². The van der Waals surface area contributed by atoms with Gasteiger partial charge in [-0.25, -0.2) is 0 Å². The Morgan fingerprint density at radius 2 is 1.94 bits per heavy atom. The monoisotopic (exact) mass is 238 g/mol. The van der Waals surface area contributed by atoms with Crippen molar-refractivity contribution in [2.45, 2.75) is 58.7 Å². The lowest BCUT2D eigenvalue weighted by atomic mass is 9.81. The SMILES string of the molecule is C=C1CC(O)C=C(C)CCC(C(C)C)C(O)C1. The van der Waals surface area contributed by atoms with Gasteiger partial charge in [-0.15, -0.1) is 0 Å². The normalized spacial score (nSPS) is 32.5. The van der Waals surface area contributed by atoms with Crippen LogP contribution in [-0.4, -0.2) is 22.4 Å². The summed E-state index contributed by atoms with van der Waals surface area (Å²) in [5.74, 6) is 0.806. The number of allylic oxidation sites excluding steroid dienone is 1. The van der Waals surface area contributed by atoms with Crippen LogP contribution < -0.4 is 0 Å². The molecule has 0 saturated carbocycles. The Hall–Kier alpha value is -0.600. The summed E-state index contributed by atoms with van der Waals surface area (Å²) in [4.78, 5) is 0. The van der Waals surface area contributed by atoms with E-state index in [9.17, 15) is 10.2 Å². The van der Waals surface area contributed by atoms with Crippen molar-refractivity contribution in [3.05, 3.63) is 23.8 Å². The third kappa shape index (κ3) is 4.64. The molecule has 0 spiro atoms. The van der Waals surface area contributed by atoms with Crippen LogP contribution in [0.4, 0.5) is 0 Å². The maximum atomic E-state index is 10.2. The minimum absolute atomic E-state index is 0.319. The molecule has 2 heteroatoms. The van der Waals surface area contributed by atoms with Crippen LogP contribution in [0.15, 0.2) is 23.8 Å². The van der Waals surface area contributed by atoms with Crippen LogP contribution in [0.1, 0.15) is 46.5 Å². The van der Waals surface area contributed by atoms with E-state index in [1.165, 1.54) is 5.57 Å². The Balaban J connectivity index is 2.82. The molecule has 17 heavy (non-hydrogen) atoms. The van der Waals surface area contributed by atoms with Gasteiger partial charge in [0.05, 0.1) is 12.2 Å². The van der Waals surface area contributed by atoms with Crippen LogP contribution in [-0.2, 0) is 0 Å². The van der Waals surface area contributed by atoms with Crippen molar-refractivity contribution in [2.75, 3.05) is 0 Å². The molecule has 3 atom stereocenters. The fourth-order valence-corrected chi connectivity index (χ4v) is 2.66. The molecule has 0 bridgehead atoms. The molecule has 0 amide bonds. The molecule has 2 N–H and O–H groups in total. The zero-order chi connectivity index (χ0) is 13.0. The molecule has 2 nitrogen and oxygen atoms in total. The maximum Gasteiger partial charge on any atom is 0.0760 e. The molecule has 1 aliphatic carbocycles. The minimum Gasteiger partial charge on any atom is -0.392 e. The van der Waals surface area contributed by atoms with Crippen LogP contribution in [0.3, 0.4) is 0 Å². The van der Waals surface area contributed by atoms with Gasteiger partial charge in [0.25, 0.3) is 0 Å². The first-order valence-corrected chi connectivity index (χ1v) is 6.60. The standard InChI is InChI=1S/C15H26O2/c1-10(2)14-6-5-11(3)7-13(16)8-12(4)9-15(14)17/h7,10,13-17H,4-6,8-9H2,1-3H3. The highest BCUT2D eigenvalue weighted by Crippen LogP contribution is 2.29. The fraction of sp³-hybridized carbons (Fsp3) is 0.733. The van der Waals surface area contributed by atoms with Gasteiger partial charge in [0.1, 0.15) is 0 Å². The molecule has 0 aromatic heterocycles. The zero-order valence-corrected chi connectivity index (χ0v) is 11.3. The second-order valence-corrected chi connectivity index (χ2v) is 5.75. The van der Waals surface area contributed by atoms with E-state index < -0.39 is 6.10 Å². The van der Waals surface area contributed by atoms with Crippen molar-refractivity contribution in [3.8, 4) is 0 Å². The van der Waals surface area contributed by atoms with Gasteiger partial charge in [0.2, 0.25) is 0 Å². The molecule has 0 fully saturated rings. The number of aliphatic hydroxyl groups excluding tert-OH is 2. The lowest BCUT2D eigenvalue weighted by molar-refractivity contribution is 0.0737. The quantitative estimate of drug-likeness (QED) is 0.689. The summed E-state index contributed by atoms with van der Waals surface area (Å²) in [6.07, 6.45) is 4.31. The van der Waals surface area contributed by atoms with Gasteiger partial charge in [-0.2, -0.15) is 0 Å². The summed E-state index contributed by atoms with van der Waals surface area (Å²) >= 11 is 0. The third-order valence-corrected chi connectivity index (χ3v) is 3.70. The summed E-state index contributed by atoms with van der Waals surface area (Å²) in [6.45, 7) is 10.3. The summed E-state index contributed by atoms with van der Waals surface area (Å²) in [6, 6.07) is 0. The molecule has 0 heterocycles. The van der Waals surface area contributed by atoms with Gasteiger partial charge in [-0.1, -0.05) is 37.6 Å². The Morgan fingerprint density at radius 3 is 2.53 bits per heavy atom. The molecule has 0 radical (unpaired) electrons. The Morgan fingerprint density at radius 1 is 1.29 bits per heavy atom. The van der Waals surface area contributed by atoms with Crippen molar-refractivity contribution in [1.82, 2.24) is 0 Å². The van der Waals surface area contributed by atoms with Crippen LogP contribution in [0.5, 0.6) is 0 Å². The van der Waals surface area contributed by atoms with Crippen molar-refractivity contribution in [1.29, 1.82) is 0 Å². The first-order valence-electron chi connectivity index (χ1n) is 6.60. The molecule has 1 aliphatic rings. The second-order valence-electron chi connectivity index (χ2n) is 5.75. The smallest absolute Gasteiger partial charge is 0.0760 e. The van der Waals surface area contributed by atoms with Gasteiger partial charge in [-0.3, -0.25) is 0 Å². The van der Waals surface area contributed by atoms with E-state index in [2.05, 4.69) is 27.4 Å². The lowest BCUT2D eigenvalue weighted by Crippen LogP contribution is -2.27. The Labute approximate surface area is 105 Å². The van der Waals surface area contributed by atoms with Crippen LogP contribution in [0.25, 0.3) is 0 Å². The van der Waals surface area contributed by atoms with Crippen molar-refractivity contribution >= 4 is 0 Å². The predicted octanol–water partition coefficient (Wildman–Crippen LogP) is 3.06. The van der Waals surface area contributed by atoms with Crippen LogP contribution in [0, 0.1) is 11.8 Å². The van der Waals surface area contributed by atoms with E-state index in [0.717, 1.165) is 18.4 Å². The van der Waals surface area contributed by atoms with E-state index >= 15 is 0 Å². The molecule has 0 saturated heterocycles. The van der Waals surface area contributed by atoms with Gasteiger partial charge < -0.3 is 10.2 Å². The highest BCUT2D eigenvalue weighted by Gasteiger charge is 2.24. The lowest BCUT2D eigenvalue weighted by Gasteiger charge is -2.28. The molecule has 3 unspecified atom stereocenters. The molecule has 0 aliphatic heterocycles. The van der Waals surface area contributed by atoms with Crippen molar-refractivity contribution in [2.24, 2.45) is 11.8 Å². The molecule has 98 valence electrons. The topological polar surface area (TPSA) is 40.5 Å². The van der Waals surface area contributed by atoms with E-state index in [4.69, 9.17) is 0 Å². The average Bonchev–Trinajstić information content (AvgIpc) is 2.14. The molecule has 1 rings (SSSR count). The number of rotatable bonds is 1. The van der Waals surface area contributed by atoms with Gasteiger partial charge in [-0.05, 0) is 44.4 Å². The molecular weight excluding hydrogens is 212 g/mol. The average molecular weight is 238 g/mol. The second kappa shape index (κ2) is 6.36. The highest BCUT2D eigenvalue weighted by molar-refractivity contribution is 5.09. The molecular formula is C15H26O2. The zero-order valence-electron chi connectivity index (χ0n) is 11.3. The third-order valence-electron chi connectivity index (χ3n) is 3.70. The summed E-state index contributed by atoms with van der Waals surface area (Å²) in [5.41, 5.74) is 2.16. The summed E-state index contributed by atoms with van der Waals surface area (Å²) in [7, 11) is 0. The summed E-state index contributed by atoms with van der Waals surface area (Å²) in [5, 5.41) is 20.1. The summed E-state index contributed by atoms with van der Waals surface area (Å²) < 4.78 is 0. The number of hydrogen-bond acceptors (Lipinski definition) is 2. The number of hydrogen-bond donors (Lipinski definition) is 2. The predicted molar refractivity (Wildman–Crippen MR) is 71.7 cm³/mol. The highest BCUT2D eigenvalue weighted by atomic mass is 16.3. The fourth-order valence-electron chi connectivity index (χ4n) is 2.66. The van der Waals surface area contributed by atoms with Crippen LogP contribution in [0.2, 0.25) is 0 Å². The minimum atomic E-state index is -0.440. The van der Waals surface area contributed by atoms with E-state index in [1.807, 2.05) is 6.08 Å². The van der Waals surface area contributed by atoms with Gasteiger partial charge in [0.15, 0.2) is 0 Å². The van der Waals surface area contributed by atoms with E-state index in [0.29, 0.717) is 24.7 Å². The Bertz CT molecular complexity index is 291. The van der Waals surface area contributed by atoms with E-state index in [1.54, 1.807) is 0 Å². The number of aliphatic hydroxyl groups is 2. The van der Waals surface area contributed by atoms with E-state index in [-0.39, 0.29) is 6.10 Å².